The molecule has 4 nitrogen and oxygen atoms in total. The van der Waals surface area contributed by atoms with E-state index in [1.165, 1.54) is 6.07 Å². The quantitative estimate of drug-likeness (QED) is 0.380. The molecule has 0 atom stereocenters. The summed E-state index contributed by atoms with van der Waals surface area (Å²) in [5.41, 5.74) is 0.887. The lowest BCUT2D eigenvalue weighted by Crippen LogP contribution is -1.93. The molecule has 0 saturated carbocycles. The summed E-state index contributed by atoms with van der Waals surface area (Å²) in [5, 5.41) is 13.2. The lowest BCUT2D eigenvalue weighted by Gasteiger charge is -2.08. The van der Waals surface area contributed by atoms with Crippen molar-refractivity contribution < 1.29 is 9.11 Å². The van der Waals surface area contributed by atoms with Crippen molar-refractivity contribution >= 4 is 28.5 Å². The van der Waals surface area contributed by atoms with Crippen LogP contribution in [0.15, 0.2) is 65.6 Å². The van der Waals surface area contributed by atoms with Crippen molar-refractivity contribution in [1.29, 1.82) is 0 Å². The maximum absolute atomic E-state index is 11.1. The summed E-state index contributed by atoms with van der Waals surface area (Å²) < 4.78 is 5.65. The van der Waals surface area contributed by atoms with Crippen molar-refractivity contribution in [2.24, 2.45) is 0 Å². The minimum absolute atomic E-state index is 0.0293. The molecule has 0 N–H and O–H groups in total. The van der Waals surface area contributed by atoms with Crippen molar-refractivity contribution in [3.63, 3.8) is 0 Å². The van der Waals surface area contributed by atoms with Crippen molar-refractivity contribution in [2.45, 2.75) is 11.8 Å². The van der Waals surface area contributed by atoms with E-state index in [0.29, 0.717) is 0 Å². The summed E-state index contributed by atoms with van der Waals surface area (Å²) in [7, 11) is 0. The van der Waals surface area contributed by atoms with Gasteiger partial charge in [-0.15, -0.1) is 0 Å². The van der Waals surface area contributed by atoms with E-state index in [1.54, 1.807) is 12.1 Å². The monoisotopic (exact) mass is 311 g/mol. The molecule has 0 heterocycles. The lowest BCUT2D eigenvalue weighted by molar-refractivity contribution is -0.385. The SMILES string of the molecule is Cc1ccc([N+](=O)[O-])c(OSc2cccc3ccccc23)c1. The number of fused-ring (bicyclic) bond motifs is 1. The highest BCUT2D eigenvalue weighted by Crippen LogP contribution is 2.35. The minimum atomic E-state index is -0.432. The maximum Gasteiger partial charge on any atom is 0.312 e. The minimum Gasteiger partial charge on any atom is -0.413 e. The number of benzene rings is 3. The molecule has 22 heavy (non-hydrogen) atoms. The van der Waals surface area contributed by atoms with Gasteiger partial charge in [-0.1, -0.05) is 42.5 Å². The molecule has 0 unspecified atom stereocenters. The molecule has 0 saturated heterocycles. The molecule has 3 aromatic rings. The van der Waals surface area contributed by atoms with Gasteiger partial charge in [-0.2, -0.15) is 0 Å². The van der Waals surface area contributed by atoms with E-state index < -0.39 is 4.92 Å². The third-order valence-electron chi connectivity index (χ3n) is 3.28. The topological polar surface area (TPSA) is 52.4 Å². The van der Waals surface area contributed by atoms with Gasteiger partial charge in [-0.3, -0.25) is 10.1 Å². The second-order valence-electron chi connectivity index (χ2n) is 4.87. The van der Waals surface area contributed by atoms with E-state index in [4.69, 9.17) is 4.18 Å². The Kier molecular flexibility index (Phi) is 3.98. The summed E-state index contributed by atoms with van der Waals surface area (Å²) in [4.78, 5) is 11.6. The smallest absolute Gasteiger partial charge is 0.312 e. The van der Waals surface area contributed by atoms with Crippen LogP contribution in [0.5, 0.6) is 5.75 Å². The van der Waals surface area contributed by atoms with Gasteiger partial charge in [0.25, 0.3) is 0 Å². The largest absolute Gasteiger partial charge is 0.413 e. The third kappa shape index (κ3) is 2.89. The highest BCUT2D eigenvalue weighted by atomic mass is 32.2. The number of rotatable bonds is 4. The van der Waals surface area contributed by atoms with E-state index >= 15 is 0 Å². The molecular weight excluding hydrogens is 298 g/mol. The van der Waals surface area contributed by atoms with Gasteiger partial charge >= 0.3 is 5.69 Å². The number of hydrogen-bond acceptors (Lipinski definition) is 4. The Morgan fingerprint density at radius 1 is 1.05 bits per heavy atom. The van der Waals surface area contributed by atoms with Crippen LogP contribution in [0.1, 0.15) is 5.56 Å². The zero-order chi connectivity index (χ0) is 15.5. The molecule has 0 spiro atoms. The fourth-order valence-corrected chi connectivity index (χ4v) is 2.92. The van der Waals surface area contributed by atoms with Gasteiger partial charge in [-0.25, -0.2) is 0 Å². The van der Waals surface area contributed by atoms with E-state index in [2.05, 4.69) is 0 Å². The summed E-state index contributed by atoms with van der Waals surface area (Å²) in [5.74, 6) is 0.267. The Morgan fingerprint density at radius 2 is 1.82 bits per heavy atom. The molecule has 0 bridgehead atoms. The molecule has 3 rings (SSSR count). The van der Waals surface area contributed by atoms with Crippen molar-refractivity contribution in [1.82, 2.24) is 0 Å². The van der Waals surface area contributed by atoms with Crippen LogP contribution in [0, 0.1) is 17.0 Å². The zero-order valence-electron chi connectivity index (χ0n) is 11.9. The predicted octanol–water partition coefficient (Wildman–Crippen LogP) is 5.14. The molecular formula is C17H13NO3S. The Hall–Kier alpha value is -2.53. The zero-order valence-corrected chi connectivity index (χ0v) is 12.7. The molecule has 110 valence electrons. The fraction of sp³-hybridized carbons (Fsp3) is 0.0588. The molecule has 0 radical (unpaired) electrons. The summed E-state index contributed by atoms with van der Waals surface area (Å²) >= 11 is 1.14. The van der Waals surface area contributed by atoms with Gasteiger partial charge in [0.15, 0.2) is 0 Å². The number of nitro groups is 1. The van der Waals surface area contributed by atoms with Crippen LogP contribution in [-0.2, 0) is 0 Å². The van der Waals surface area contributed by atoms with Gasteiger partial charge in [-0.05, 0) is 35.4 Å². The van der Waals surface area contributed by atoms with Gasteiger partial charge in [0.05, 0.1) is 21.9 Å². The van der Waals surface area contributed by atoms with Crippen LogP contribution in [0.3, 0.4) is 0 Å². The van der Waals surface area contributed by atoms with Crippen LogP contribution in [-0.4, -0.2) is 4.92 Å². The standard InChI is InChI=1S/C17H13NO3S/c1-12-9-10-15(18(19)20)16(11-12)21-22-17-8-4-6-13-5-2-3-7-14(13)17/h2-11H,1H3. The summed E-state index contributed by atoms with van der Waals surface area (Å²) in [6, 6.07) is 18.7. The first-order valence-corrected chi connectivity index (χ1v) is 7.46. The lowest BCUT2D eigenvalue weighted by atomic mass is 10.1. The van der Waals surface area contributed by atoms with Crippen LogP contribution < -0.4 is 4.18 Å². The average Bonchev–Trinajstić information content (AvgIpc) is 2.52. The second kappa shape index (κ2) is 6.07. The molecule has 0 aliphatic heterocycles. The van der Waals surface area contributed by atoms with Crippen molar-refractivity contribution in [3.05, 3.63) is 76.3 Å². The van der Waals surface area contributed by atoms with Crippen LogP contribution in [0.25, 0.3) is 10.8 Å². The predicted molar refractivity (Wildman–Crippen MR) is 88.3 cm³/mol. The first-order valence-electron chi connectivity index (χ1n) is 6.72. The third-order valence-corrected chi connectivity index (χ3v) is 4.08. The highest BCUT2D eigenvalue weighted by Gasteiger charge is 2.16. The number of nitro benzene ring substituents is 1. The van der Waals surface area contributed by atoms with Crippen LogP contribution in [0.4, 0.5) is 5.69 Å². The van der Waals surface area contributed by atoms with Gasteiger partial charge < -0.3 is 4.18 Å². The van der Waals surface area contributed by atoms with E-state index in [-0.39, 0.29) is 11.4 Å². The normalized spacial score (nSPS) is 10.6. The number of hydrogen-bond donors (Lipinski definition) is 0. The van der Waals surface area contributed by atoms with Crippen molar-refractivity contribution in [2.75, 3.05) is 0 Å². The summed E-state index contributed by atoms with van der Waals surface area (Å²) in [6.45, 7) is 1.87. The van der Waals surface area contributed by atoms with E-state index in [1.807, 2.05) is 49.4 Å². The molecule has 0 aliphatic rings. The highest BCUT2D eigenvalue weighted by molar-refractivity contribution is 7.95. The van der Waals surface area contributed by atoms with Crippen molar-refractivity contribution in [3.8, 4) is 5.75 Å². The Bertz CT molecular complexity index is 843. The fourth-order valence-electron chi connectivity index (χ4n) is 2.20. The Balaban J connectivity index is 1.92. The molecule has 0 fully saturated rings. The molecule has 0 aliphatic carbocycles. The Labute approximate surface area is 132 Å². The van der Waals surface area contributed by atoms with Gasteiger partial charge in [0.2, 0.25) is 5.75 Å². The van der Waals surface area contributed by atoms with Gasteiger partial charge in [0, 0.05) is 6.07 Å². The van der Waals surface area contributed by atoms with Crippen LogP contribution >= 0.6 is 12.0 Å². The second-order valence-corrected chi connectivity index (χ2v) is 5.65. The molecule has 0 amide bonds. The summed E-state index contributed by atoms with van der Waals surface area (Å²) in [6.07, 6.45) is 0. The number of nitrogens with zero attached hydrogens (tertiary/aromatic N) is 1. The molecule has 0 aromatic heterocycles. The van der Waals surface area contributed by atoms with Gasteiger partial charge in [0.1, 0.15) is 0 Å². The first kappa shape index (κ1) is 14.4. The van der Waals surface area contributed by atoms with Crippen LogP contribution in [0.2, 0.25) is 0 Å². The first-order chi connectivity index (χ1) is 10.6. The average molecular weight is 311 g/mol. The van der Waals surface area contributed by atoms with E-state index in [0.717, 1.165) is 33.3 Å². The molecule has 3 aromatic carbocycles. The number of aryl methyl sites for hydroxylation is 1. The Morgan fingerprint density at radius 3 is 2.64 bits per heavy atom. The molecule has 5 heteroatoms. The maximum atomic E-state index is 11.1. The van der Waals surface area contributed by atoms with E-state index in [9.17, 15) is 10.1 Å².